The molecule has 2 heterocycles. The second-order valence-corrected chi connectivity index (χ2v) is 7.56. The van der Waals surface area contributed by atoms with Crippen molar-refractivity contribution in [3.63, 3.8) is 0 Å². The van der Waals surface area contributed by atoms with E-state index in [2.05, 4.69) is 11.0 Å². The van der Waals surface area contributed by atoms with Crippen molar-refractivity contribution < 1.29 is 9.53 Å². The molecule has 0 N–H and O–H groups in total. The van der Waals surface area contributed by atoms with Crippen LogP contribution in [0.15, 0.2) is 24.3 Å². The Labute approximate surface area is 154 Å². The maximum atomic E-state index is 12.4. The Morgan fingerprint density at radius 1 is 1.19 bits per heavy atom. The number of nitriles is 1. The van der Waals surface area contributed by atoms with Gasteiger partial charge in [-0.15, -0.1) is 0 Å². The van der Waals surface area contributed by atoms with Gasteiger partial charge in [-0.1, -0.05) is 20.8 Å². The fourth-order valence-corrected chi connectivity index (χ4v) is 3.19. The summed E-state index contributed by atoms with van der Waals surface area (Å²) in [6.45, 7) is 8.45. The molecule has 1 aromatic carbocycles. The summed E-state index contributed by atoms with van der Waals surface area (Å²) >= 11 is 0. The molecule has 1 aromatic heterocycles. The molecule has 26 heavy (non-hydrogen) atoms. The number of nitrogens with zero attached hydrogens (tertiary/aromatic N) is 4. The largest absolute Gasteiger partial charge is 0.497 e. The van der Waals surface area contributed by atoms with Gasteiger partial charge < -0.3 is 14.5 Å². The lowest BCUT2D eigenvalue weighted by Crippen LogP contribution is -2.52. The van der Waals surface area contributed by atoms with Crippen LogP contribution in [-0.2, 0) is 4.79 Å². The Hall–Kier alpha value is -2.81. The van der Waals surface area contributed by atoms with Crippen molar-refractivity contribution in [3.05, 3.63) is 29.8 Å². The van der Waals surface area contributed by atoms with Crippen LogP contribution in [0.3, 0.4) is 0 Å². The third-order valence-corrected chi connectivity index (χ3v) is 4.63. The predicted molar refractivity (Wildman–Crippen MR) is 101 cm³/mol. The van der Waals surface area contributed by atoms with Gasteiger partial charge in [0.1, 0.15) is 17.6 Å². The number of ether oxygens (including phenoxy) is 1. The van der Waals surface area contributed by atoms with Crippen LogP contribution in [-0.4, -0.2) is 49.1 Å². The van der Waals surface area contributed by atoms with Crippen molar-refractivity contribution in [2.24, 2.45) is 5.41 Å². The molecule has 6 nitrogen and oxygen atoms in total. The molecule has 0 atom stereocenters. The van der Waals surface area contributed by atoms with Gasteiger partial charge in [-0.3, -0.25) is 4.79 Å². The lowest BCUT2D eigenvalue weighted by molar-refractivity contribution is -0.139. The number of carbonyl (C=O) groups is 1. The topological polar surface area (TPSA) is 69.5 Å². The Kier molecular flexibility index (Phi) is 4.73. The monoisotopic (exact) mass is 352 g/mol. The van der Waals surface area contributed by atoms with E-state index in [1.807, 2.05) is 49.9 Å². The molecule has 0 spiro atoms. The highest BCUT2D eigenvalue weighted by molar-refractivity contribution is 5.85. The molecule has 3 rings (SSSR count). The number of carbonyl (C=O) groups excluding carboxylic acids is 1. The molecular weight excluding hydrogens is 328 g/mol. The number of hydrogen-bond donors (Lipinski definition) is 0. The molecular formula is C20H24N4O2. The average Bonchev–Trinajstić information content (AvgIpc) is 2.65. The molecule has 1 aliphatic rings. The van der Waals surface area contributed by atoms with Gasteiger partial charge in [-0.2, -0.15) is 5.26 Å². The normalized spacial score (nSPS) is 15.0. The molecule has 1 fully saturated rings. The minimum atomic E-state index is -0.375. The number of amides is 1. The van der Waals surface area contributed by atoms with E-state index in [4.69, 9.17) is 9.72 Å². The first-order valence-corrected chi connectivity index (χ1v) is 8.76. The number of hydrogen-bond acceptors (Lipinski definition) is 5. The predicted octanol–water partition coefficient (Wildman–Crippen LogP) is 2.81. The maximum Gasteiger partial charge on any atom is 0.228 e. The van der Waals surface area contributed by atoms with Crippen molar-refractivity contribution in [1.29, 1.82) is 5.26 Å². The molecule has 0 saturated carbocycles. The molecule has 0 bridgehead atoms. The number of rotatable bonds is 2. The van der Waals surface area contributed by atoms with Gasteiger partial charge in [0.25, 0.3) is 0 Å². The molecule has 136 valence electrons. The highest BCUT2D eigenvalue weighted by Gasteiger charge is 2.30. The van der Waals surface area contributed by atoms with Crippen LogP contribution in [0.5, 0.6) is 5.75 Å². The number of fused-ring (bicyclic) bond motifs is 1. The van der Waals surface area contributed by atoms with Gasteiger partial charge in [-0.05, 0) is 24.3 Å². The summed E-state index contributed by atoms with van der Waals surface area (Å²) in [6, 6.07) is 9.76. The Balaban J connectivity index is 1.85. The fourth-order valence-electron chi connectivity index (χ4n) is 3.19. The number of anilines is 1. The van der Waals surface area contributed by atoms with Crippen LogP contribution in [0.2, 0.25) is 0 Å². The number of benzene rings is 1. The van der Waals surface area contributed by atoms with Gasteiger partial charge in [0.15, 0.2) is 0 Å². The van der Waals surface area contributed by atoms with Gasteiger partial charge in [0.2, 0.25) is 5.91 Å². The summed E-state index contributed by atoms with van der Waals surface area (Å²) in [5.74, 6) is 1.59. The highest BCUT2D eigenvalue weighted by atomic mass is 16.5. The molecule has 6 heteroatoms. The van der Waals surface area contributed by atoms with Crippen molar-refractivity contribution >= 4 is 22.6 Å². The van der Waals surface area contributed by atoms with E-state index in [-0.39, 0.29) is 11.3 Å². The van der Waals surface area contributed by atoms with E-state index in [9.17, 15) is 10.1 Å². The average molecular weight is 352 g/mol. The first-order valence-electron chi connectivity index (χ1n) is 8.76. The zero-order valence-electron chi connectivity index (χ0n) is 15.7. The number of aromatic nitrogens is 1. The number of methoxy groups -OCH3 is 1. The van der Waals surface area contributed by atoms with E-state index < -0.39 is 0 Å². The van der Waals surface area contributed by atoms with Gasteiger partial charge >= 0.3 is 0 Å². The summed E-state index contributed by atoms with van der Waals surface area (Å²) in [4.78, 5) is 21.1. The van der Waals surface area contributed by atoms with Crippen molar-refractivity contribution in [3.8, 4) is 11.8 Å². The van der Waals surface area contributed by atoms with Crippen LogP contribution < -0.4 is 9.64 Å². The molecule has 2 aromatic rings. The van der Waals surface area contributed by atoms with E-state index in [0.29, 0.717) is 37.6 Å². The van der Waals surface area contributed by atoms with E-state index >= 15 is 0 Å². The van der Waals surface area contributed by atoms with Crippen LogP contribution in [0.25, 0.3) is 10.9 Å². The SMILES string of the molecule is COc1ccc2nc(N3CCN(C(=O)C(C)(C)C)CC3)c(C#N)cc2c1. The summed E-state index contributed by atoms with van der Waals surface area (Å²) < 4.78 is 5.25. The zero-order chi connectivity index (χ0) is 18.9. The summed E-state index contributed by atoms with van der Waals surface area (Å²) in [5, 5.41) is 10.5. The molecule has 0 radical (unpaired) electrons. The second kappa shape index (κ2) is 6.83. The van der Waals surface area contributed by atoms with Crippen LogP contribution >= 0.6 is 0 Å². The molecule has 0 aliphatic carbocycles. The zero-order valence-corrected chi connectivity index (χ0v) is 15.7. The lowest BCUT2D eigenvalue weighted by atomic mass is 9.94. The fraction of sp³-hybridized carbons (Fsp3) is 0.450. The first-order chi connectivity index (χ1) is 12.3. The van der Waals surface area contributed by atoms with Gasteiger partial charge in [0.05, 0.1) is 18.2 Å². The quantitative estimate of drug-likeness (QED) is 0.831. The highest BCUT2D eigenvalue weighted by Crippen LogP contribution is 2.27. The summed E-state index contributed by atoms with van der Waals surface area (Å²) in [6.07, 6.45) is 0. The van der Waals surface area contributed by atoms with E-state index in [1.165, 1.54) is 0 Å². The van der Waals surface area contributed by atoms with E-state index in [1.54, 1.807) is 7.11 Å². The second-order valence-electron chi connectivity index (χ2n) is 7.56. The van der Waals surface area contributed by atoms with Gasteiger partial charge in [-0.25, -0.2) is 4.98 Å². The number of pyridine rings is 1. The summed E-state index contributed by atoms with van der Waals surface area (Å²) in [5.41, 5.74) is 0.995. The van der Waals surface area contributed by atoms with E-state index in [0.717, 1.165) is 16.7 Å². The van der Waals surface area contributed by atoms with Crippen LogP contribution in [0.1, 0.15) is 26.3 Å². The Morgan fingerprint density at radius 3 is 2.46 bits per heavy atom. The number of piperazine rings is 1. The maximum absolute atomic E-state index is 12.4. The van der Waals surface area contributed by atoms with Crippen LogP contribution in [0.4, 0.5) is 5.82 Å². The van der Waals surface area contributed by atoms with Gasteiger partial charge in [0, 0.05) is 37.0 Å². The lowest BCUT2D eigenvalue weighted by Gasteiger charge is -2.38. The standard InChI is InChI=1S/C20H24N4O2/c1-20(2,3)19(25)24-9-7-23(8-10-24)18-15(13-21)11-14-12-16(26-4)5-6-17(14)22-18/h5-6,11-12H,7-10H2,1-4H3. The third-order valence-electron chi connectivity index (χ3n) is 4.63. The van der Waals surface area contributed by atoms with Crippen molar-refractivity contribution in [1.82, 2.24) is 9.88 Å². The minimum absolute atomic E-state index is 0.163. The minimum Gasteiger partial charge on any atom is -0.497 e. The third kappa shape index (κ3) is 3.43. The van der Waals surface area contributed by atoms with Crippen molar-refractivity contribution in [2.45, 2.75) is 20.8 Å². The Bertz CT molecular complexity index is 872. The smallest absolute Gasteiger partial charge is 0.228 e. The molecule has 1 amide bonds. The first kappa shape index (κ1) is 18.0. The van der Waals surface area contributed by atoms with Crippen LogP contribution in [0, 0.1) is 16.7 Å². The molecule has 1 saturated heterocycles. The molecule has 0 unspecified atom stereocenters. The summed E-state index contributed by atoms with van der Waals surface area (Å²) in [7, 11) is 1.62. The Morgan fingerprint density at radius 2 is 1.88 bits per heavy atom. The van der Waals surface area contributed by atoms with Crippen molar-refractivity contribution in [2.75, 3.05) is 38.2 Å². The molecule has 1 aliphatic heterocycles.